The third kappa shape index (κ3) is 2.98. The average Bonchev–Trinajstić information content (AvgIpc) is 2.66. The molecule has 3 rings (SSSR count). The van der Waals surface area contributed by atoms with Gasteiger partial charge in [0.1, 0.15) is 12.4 Å². The number of hydrogen-bond acceptors (Lipinski definition) is 4. The molecule has 0 radical (unpaired) electrons. The number of likely N-dealkylation sites (N-methyl/N-ethyl adjacent to an activating group) is 1. The number of benzodiazepines with no additional fused rings is 1. The number of rotatable bonds is 2. The second kappa shape index (κ2) is 6.76. The minimum atomic E-state index is -0.536. The Kier molecular flexibility index (Phi) is 4.94. The SMILES string of the molecule is CN1C(=O)CN=C(c2ccccc2F)c2cc([N+](=O)[O-])ccc21.Cl. The van der Waals surface area contributed by atoms with Crippen LogP contribution in [0, 0.1) is 15.9 Å². The van der Waals surface area contributed by atoms with Crippen molar-refractivity contribution in [2.45, 2.75) is 0 Å². The molecule has 6 nitrogen and oxygen atoms in total. The van der Waals surface area contributed by atoms with Gasteiger partial charge in [-0.1, -0.05) is 12.1 Å². The lowest BCUT2D eigenvalue weighted by Gasteiger charge is -2.17. The molecule has 2 aromatic rings. The second-order valence-electron chi connectivity index (χ2n) is 5.06. The van der Waals surface area contributed by atoms with Crippen LogP contribution >= 0.6 is 12.4 Å². The zero-order chi connectivity index (χ0) is 16.6. The van der Waals surface area contributed by atoms with E-state index in [1.54, 1.807) is 19.2 Å². The maximum absolute atomic E-state index is 14.1. The Morgan fingerprint density at radius 3 is 2.58 bits per heavy atom. The van der Waals surface area contributed by atoms with Gasteiger partial charge in [-0.15, -0.1) is 12.4 Å². The van der Waals surface area contributed by atoms with E-state index in [4.69, 9.17) is 0 Å². The second-order valence-corrected chi connectivity index (χ2v) is 5.06. The van der Waals surface area contributed by atoms with Crippen molar-refractivity contribution in [1.82, 2.24) is 0 Å². The van der Waals surface area contributed by atoms with Gasteiger partial charge >= 0.3 is 0 Å². The van der Waals surface area contributed by atoms with Gasteiger partial charge in [0.25, 0.3) is 5.69 Å². The molecule has 1 aliphatic rings. The minimum absolute atomic E-state index is 0. The number of nitrogens with zero attached hydrogens (tertiary/aromatic N) is 3. The summed E-state index contributed by atoms with van der Waals surface area (Å²) in [5, 5.41) is 11.0. The number of non-ortho nitro benzene ring substituents is 1. The summed E-state index contributed by atoms with van der Waals surface area (Å²) < 4.78 is 14.1. The largest absolute Gasteiger partial charge is 0.313 e. The first-order valence-corrected chi connectivity index (χ1v) is 6.84. The molecule has 124 valence electrons. The monoisotopic (exact) mass is 349 g/mol. The highest BCUT2D eigenvalue weighted by Gasteiger charge is 2.25. The van der Waals surface area contributed by atoms with E-state index in [2.05, 4.69) is 4.99 Å². The molecular weight excluding hydrogens is 337 g/mol. The van der Waals surface area contributed by atoms with E-state index in [0.717, 1.165) is 0 Å². The minimum Gasteiger partial charge on any atom is -0.313 e. The Morgan fingerprint density at radius 2 is 1.92 bits per heavy atom. The van der Waals surface area contributed by atoms with Crippen LogP contribution < -0.4 is 4.90 Å². The molecule has 0 saturated carbocycles. The number of fused-ring (bicyclic) bond motifs is 1. The van der Waals surface area contributed by atoms with Crippen LogP contribution in [-0.2, 0) is 4.79 Å². The standard InChI is InChI=1S/C16H12FN3O3.ClH/c1-19-14-7-6-10(20(22)23)8-12(14)16(18-9-15(19)21)11-4-2-3-5-13(11)17;/h2-8H,9H2,1H3;1H. The van der Waals surface area contributed by atoms with Gasteiger partial charge in [0.2, 0.25) is 5.91 Å². The average molecular weight is 350 g/mol. The number of carbonyl (C=O) groups excluding carboxylic acids is 1. The molecule has 0 unspecified atom stereocenters. The van der Waals surface area contributed by atoms with Crippen LogP contribution in [0.15, 0.2) is 47.5 Å². The van der Waals surface area contributed by atoms with E-state index in [-0.39, 0.29) is 41.8 Å². The molecule has 0 saturated heterocycles. The summed E-state index contributed by atoms with van der Waals surface area (Å²) in [6, 6.07) is 10.1. The quantitative estimate of drug-likeness (QED) is 0.618. The third-order valence-corrected chi connectivity index (χ3v) is 3.68. The summed E-state index contributed by atoms with van der Waals surface area (Å²) >= 11 is 0. The summed E-state index contributed by atoms with van der Waals surface area (Å²) in [7, 11) is 1.56. The molecule has 1 aliphatic heterocycles. The van der Waals surface area contributed by atoms with Crippen LogP contribution in [0.25, 0.3) is 0 Å². The predicted molar refractivity (Wildman–Crippen MR) is 90.7 cm³/mol. The molecule has 1 heterocycles. The summed E-state index contributed by atoms with van der Waals surface area (Å²) in [6.45, 7) is -0.150. The highest BCUT2D eigenvalue weighted by molar-refractivity contribution is 6.19. The summed E-state index contributed by atoms with van der Waals surface area (Å²) in [4.78, 5) is 28.1. The van der Waals surface area contributed by atoms with Crippen LogP contribution in [0.4, 0.5) is 15.8 Å². The lowest BCUT2D eigenvalue weighted by molar-refractivity contribution is -0.384. The first-order valence-electron chi connectivity index (χ1n) is 6.84. The molecule has 0 aromatic heterocycles. The van der Waals surface area contributed by atoms with Gasteiger partial charge in [-0.05, 0) is 18.2 Å². The van der Waals surface area contributed by atoms with Crippen molar-refractivity contribution < 1.29 is 14.1 Å². The number of halogens is 2. The van der Waals surface area contributed by atoms with Crippen molar-refractivity contribution in [3.8, 4) is 0 Å². The highest BCUT2D eigenvalue weighted by Crippen LogP contribution is 2.30. The molecule has 0 spiro atoms. The Bertz CT molecular complexity index is 854. The molecular formula is C16H13ClFN3O3. The number of anilines is 1. The number of amides is 1. The molecule has 24 heavy (non-hydrogen) atoms. The van der Waals surface area contributed by atoms with Crippen LogP contribution in [0.5, 0.6) is 0 Å². The number of carbonyl (C=O) groups is 1. The molecule has 0 atom stereocenters. The Labute approximate surface area is 143 Å². The number of aliphatic imine (C=N–C) groups is 1. The fourth-order valence-corrected chi connectivity index (χ4v) is 2.48. The predicted octanol–water partition coefficient (Wildman–Crippen LogP) is 2.97. The number of hydrogen-bond donors (Lipinski definition) is 0. The van der Waals surface area contributed by atoms with Crippen LogP contribution in [0.3, 0.4) is 0 Å². The number of nitro benzene ring substituents is 1. The fourth-order valence-electron chi connectivity index (χ4n) is 2.48. The van der Waals surface area contributed by atoms with Gasteiger partial charge in [-0.2, -0.15) is 0 Å². The van der Waals surface area contributed by atoms with Crippen LogP contribution in [0.1, 0.15) is 11.1 Å². The van der Waals surface area contributed by atoms with Gasteiger partial charge in [-0.3, -0.25) is 19.9 Å². The van der Waals surface area contributed by atoms with Gasteiger partial charge < -0.3 is 4.90 Å². The normalized spacial score (nSPS) is 13.5. The van der Waals surface area contributed by atoms with E-state index in [1.165, 1.54) is 35.2 Å². The van der Waals surface area contributed by atoms with Crippen LogP contribution in [0.2, 0.25) is 0 Å². The Morgan fingerprint density at radius 1 is 1.21 bits per heavy atom. The molecule has 0 aliphatic carbocycles. The van der Waals surface area contributed by atoms with E-state index >= 15 is 0 Å². The lowest BCUT2D eigenvalue weighted by atomic mass is 9.99. The topological polar surface area (TPSA) is 75.8 Å². The van der Waals surface area contributed by atoms with Crippen molar-refractivity contribution in [1.29, 1.82) is 0 Å². The fraction of sp³-hybridized carbons (Fsp3) is 0.125. The maximum Gasteiger partial charge on any atom is 0.270 e. The molecule has 0 fully saturated rings. The van der Waals surface area contributed by atoms with Crippen molar-refractivity contribution in [3.63, 3.8) is 0 Å². The Balaban J connectivity index is 0.00000208. The van der Waals surface area contributed by atoms with Crippen molar-refractivity contribution in [2.75, 3.05) is 18.5 Å². The zero-order valence-corrected chi connectivity index (χ0v) is 13.4. The van der Waals surface area contributed by atoms with Crippen molar-refractivity contribution in [3.05, 3.63) is 69.5 Å². The van der Waals surface area contributed by atoms with E-state index in [9.17, 15) is 19.3 Å². The van der Waals surface area contributed by atoms with Crippen LogP contribution in [-0.4, -0.2) is 30.1 Å². The molecule has 1 amide bonds. The van der Waals surface area contributed by atoms with E-state index < -0.39 is 10.7 Å². The van der Waals surface area contributed by atoms with Gasteiger partial charge in [0.15, 0.2) is 0 Å². The summed E-state index contributed by atoms with van der Waals surface area (Å²) in [5.74, 6) is -0.771. The highest BCUT2D eigenvalue weighted by atomic mass is 35.5. The van der Waals surface area contributed by atoms with Crippen molar-refractivity contribution in [2.24, 2.45) is 4.99 Å². The Hall–Kier alpha value is -2.80. The molecule has 0 N–H and O–H groups in total. The van der Waals surface area contributed by atoms with E-state index in [1.807, 2.05) is 0 Å². The first kappa shape index (κ1) is 17.6. The smallest absolute Gasteiger partial charge is 0.270 e. The summed E-state index contributed by atoms with van der Waals surface area (Å²) in [6.07, 6.45) is 0. The third-order valence-electron chi connectivity index (χ3n) is 3.68. The number of benzene rings is 2. The lowest BCUT2D eigenvalue weighted by Crippen LogP contribution is -2.27. The summed E-state index contributed by atoms with van der Waals surface area (Å²) in [5.41, 5.74) is 1.12. The van der Waals surface area contributed by atoms with E-state index in [0.29, 0.717) is 11.3 Å². The van der Waals surface area contributed by atoms with Gasteiger partial charge in [-0.25, -0.2) is 4.39 Å². The van der Waals surface area contributed by atoms with Crippen molar-refractivity contribution >= 4 is 35.4 Å². The van der Waals surface area contributed by atoms with Gasteiger partial charge in [0.05, 0.1) is 16.3 Å². The molecule has 8 heteroatoms. The molecule has 2 aromatic carbocycles. The first-order chi connectivity index (χ1) is 11.0. The number of nitro groups is 1. The molecule has 0 bridgehead atoms. The van der Waals surface area contributed by atoms with Gasteiger partial charge in [0, 0.05) is 30.3 Å². The maximum atomic E-state index is 14.1. The zero-order valence-electron chi connectivity index (χ0n) is 12.6.